The summed E-state index contributed by atoms with van der Waals surface area (Å²) in [7, 11) is 1.99. The minimum Gasteiger partial charge on any atom is -0.370 e. The molecule has 0 saturated carbocycles. The maximum atomic E-state index is 5.84. The molecule has 1 aliphatic heterocycles. The average Bonchev–Trinajstić information content (AvgIpc) is 3.05. The van der Waals surface area contributed by atoms with Gasteiger partial charge in [0.2, 0.25) is 0 Å². The summed E-state index contributed by atoms with van der Waals surface area (Å²) in [6.45, 7) is 0.776. The molecule has 1 aromatic heterocycles. The van der Waals surface area contributed by atoms with Gasteiger partial charge < -0.3 is 11.1 Å². The number of benzene rings is 1. The molecule has 1 unspecified atom stereocenters. The second kappa shape index (κ2) is 4.35. The van der Waals surface area contributed by atoms with E-state index in [1.807, 2.05) is 17.9 Å². The number of hydrogen-bond acceptors (Lipinski definition) is 4. The average molecular weight is 281 g/mol. The second-order valence-corrected chi connectivity index (χ2v) is 6.07. The number of nitrogens with one attached hydrogen (secondary N) is 1. The quantitative estimate of drug-likeness (QED) is 0.826. The minimum atomic E-state index is 0.00573. The molecule has 108 valence electrons. The Morgan fingerprint density at radius 1 is 1.33 bits per heavy atom. The van der Waals surface area contributed by atoms with Crippen molar-refractivity contribution in [3.05, 3.63) is 41.6 Å². The third-order valence-corrected chi connectivity index (χ3v) is 4.70. The van der Waals surface area contributed by atoms with Crippen LogP contribution in [0.1, 0.15) is 17.5 Å². The molecule has 0 bridgehead atoms. The highest BCUT2D eigenvalue weighted by Gasteiger charge is 2.38. The Morgan fingerprint density at radius 3 is 2.95 bits per heavy atom. The summed E-state index contributed by atoms with van der Waals surface area (Å²) in [4.78, 5) is 4.36. The van der Waals surface area contributed by atoms with Gasteiger partial charge in [0.05, 0.1) is 17.8 Å². The van der Waals surface area contributed by atoms with Crippen LogP contribution < -0.4 is 11.1 Å². The third kappa shape index (κ3) is 1.92. The van der Waals surface area contributed by atoms with Gasteiger partial charge in [-0.2, -0.15) is 5.10 Å². The van der Waals surface area contributed by atoms with Crippen molar-refractivity contribution in [2.24, 2.45) is 17.8 Å². The van der Waals surface area contributed by atoms with E-state index in [9.17, 15) is 0 Å². The topological polar surface area (TPSA) is 68.2 Å². The first-order valence-electron chi connectivity index (χ1n) is 7.34. The predicted molar refractivity (Wildman–Crippen MR) is 83.0 cm³/mol. The van der Waals surface area contributed by atoms with E-state index in [0.29, 0.717) is 5.96 Å². The van der Waals surface area contributed by atoms with Crippen LogP contribution >= 0.6 is 0 Å². The third-order valence-electron chi connectivity index (χ3n) is 4.70. The highest BCUT2D eigenvalue weighted by atomic mass is 15.3. The first-order chi connectivity index (χ1) is 10.2. The highest BCUT2D eigenvalue weighted by Crippen LogP contribution is 2.36. The van der Waals surface area contributed by atoms with E-state index in [4.69, 9.17) is 5.73 Å². The fourth-order valence-electron chi connectivity index (χ4n) is 3.59. The summed E-state index contributed by atoms with van der Waals surface area (Å²) in [5, 5.41) is 7.70. The van der Waals surface area contributed by atoms with Crippen molar-refractivity contribution < 1.29 is 0 Å². The van der Waals surface area contributed by atoms with Gasteiger partial charge in [-0.05, 0) is 36.5 Å². The van der Waals surface area contributed by atoms with Gasteiger partial charge in [0.1, 0.15) is 0 Å². The largest absolute Gasteiger partial charge is 0.370 e. The number of aliphatic imine (C=N–C) groups is 1. The van der Waals surface area contributed by atoms with Gasteiger partial charge in [0, 0.05) is 18.8 Å². The van der Waals surface area contributed by atoms with Crippen LogP contribution in [0.15, 0.2) is 35.5 Å². The van der Waals surface area contributed by atoms with E-state index in [0.717, 1.165) is 31.5 Å². The number of nitrogens with zero attached hydrogens (tertiary/aromatic N) is 3. The van der Waals surface area contributed by atoms with Crippen LogP contribution in [0.5, 0.6) is 0 Å². The molecule has 2 aliphatic rings. The zero-order valence-corrected chi connectivity index (χ0v) is 12.1. The molecular formula is C16H19N5. The van der Waals surface area contributed by atoms with Crippen LogP contribution in [-0.2, 0) is 19.9 Å². The molecule has 0 radical (unpaired) electrons. The molecule has 5 nitrogen and oxygen atoms in total. The fourth-order valence-corrected chi connectivity index (χ4v) is 3.59. The molecule has 1 aliphatic carbocycles. The van der Waals surface area contributed by atoms with Crippen molar-refractivity contribution in [2.75, 3.05) is 6.54 Å². The van der Waals surface area contributed by atoms with Crippen LogP contribution in [0.25, 0.3) is 11.3 Å². The van der Waals surface area contributed by atoms with Gasteiger partial charge in [-0.25, -0.2) is 0 Å². The predicted octanol–water partition coefficient (Wildman–Crippen LogP) is 1.23. The molecule has 21 heavy (non-hydrogen) atoms. The van der Waals surface area contributed by atoms with Crippen LogP contribution in [-0.4, -0.2) is 27.8 Å². The van der Waals surface area contributed by atoms with Crippen molar-refractivity contribution in [1.82, 2.24) is 15.1 Å². The lowest BCUT2D eigenvalue weighted by Gasteiger charge is -2.35. The Labute approximate surface area is 123 Å². The van der Waals surface area contributed by atoms with Crippen molar-refractivity contribution in [3.8, 4) is 11.3 Å². The van der Waals surface area contributed by atoms with Gasteiger partial charge in [0.15, 0.2) is 5.96 Å². The Kier molecular flexibility index (Phi) is 2.58. The molecule has 0 fully saturated rings. The Hall–Kier alpha value is -2.30. The molecule has 0 saturated heterocycles. The summed E-state index contributed by atoms with van der Waals surface area (Å²) in [5.41, 5.74) is 11.1. The fraction of sp³-hybridized carbons (Fsp3) is 0.375. The molecule has 3 N–H and O–H groups in total. The molecule has 2 aromatic rings. The number of rotatable bonds is 1. The summed E-state index contributed by atoms with van der Waals surface area (Å²) in [5.74, 6) is 0.580. The van der Waals surface area contributed by atoms with Crippen LogP contribution in [0, 0.1) is 0 Å². The standard InChI is InChI=1S/C16H19N5/c1-21-14(6-8-19-21)12-4-2-3-11-5-7-16(9-13(11)12)10-18-15(17)20-16/h2-4,6,8H,5,7,9-10H2,1H3,(H3,17,18,20). The lowest BCUT2D eigenvalue weighted by Crippen LogP contribution is -2.51. The summed E-state index contributed by atoms with van der Waals surface area (Å²) in [6.07, 6.45) is 4.96. The maximum absolute atomic E-state index is 5.84. The summed E-state index contributed by atoms with van der Waals surface area (Å²) < 4.78 is 1.93. The molecule has 5 heteroatoms. The molecule has 2 heterocycles. The number of hydrogen-bond donors (Lipinski definition) is 2. The Bertz CT molecular complexity index is 730. The Morgan fingerprint density at radius 2 is 2.24 bits per heavy atom. The van der Waals surface area contributed by atoms with E-state index >= 15 is 0 Å². The molecular weight excluding hydrogens is 262 g/mol. The van der Waals surface area contributed by atoms with Gasteiger partial charge in [-0.1, -0.05) is 18.2 Å². The van der Waals surface area contributed by atoms with Gasteiger partial charge >= 0.3 is 0 Å². The number of aryl methyl sites for hydroxylation is 2. The van der Waals surface area contributed by atoms with E-state index in [1.54, 1.807) is 0 Å². The molecule has 4 rings (SSSR count). The van der Waals surface area contributed by atoms with Crippen molar-refractivity contribution >= 4 is 5.96 Å². The van der Waals surface area contributed by atoms with Gasteiger partial charge in [-0.15, -0.1) is 0 Å². The SMILES string of the molecule is Cn1nccc1-c1cccc2c1CC1(CC2)CN=C(N)N1. The first kappa shape index (κ1) is 12.4. The van der Waals surface area contributed by atoms with Gasteiger partial charge in [-0.3, -0.25) is 9.67 Å². The zero-order valence-electron chi connectivity index (χ0n) is 12.1. The van der Waals surface area contributed by atoms with E-state index in [2.05, 4.69) is 39.7 Å². The lowest BCUT2D eigenvalue weighted by molar-refractivity contribution is 0.362. The van der Waals surface area contributed by atoms with E-state index < -0.39 is 0 Å². The lowest BCUT2D eigenvalue weighted by atomic mass is 9.76. The van der Waals surface area contributed by atoms with Crippen LogP contribution in [0.4, 0.5) is 0 Å². The molecule has 0 amide bonds. The number of guanidine groups is 1. The van der Waals surface area contributed by atoms with Crippen molar-refractivity contribution in [1.29, 1.82) is 0 Å². The Balaban J connectivity index is 1.79. The number of nitrogens with two attached hydrogens (primary N) is 1. The first-order valence-corrected chi connectivity index (χ1v) is 7.34. The maximum Gasteiger partial charge on any atom is 0.189 e. The molecule has 1 spiro atoms. The normalized spacial score (nSPS) is 23.8. The monoisotopic (exact) mass is 281 g/mol. The van der Waals surface area contributed by atoms with E-state index in [-0.39, 0.29) is 5.54 Å². The summed E-state index contributed by atoms with van der Waals surface area (Å²) >= 11 is 0. The molecule has 1 aromatic carbocycles. The number of aromatic nitrogens is 2. The van der Waals surface area contributed by atoms with Crippen LogP contribution in [0.3, 0.4) is 0 Å². The molecule has 1 atom stereocenters. The summed E-state index contributed by atoms with van der Waals surface area (Å²) in [6, 6.07) is 8.64. The van der Waals surface area contributed by atoms with E-state index in [1.165, 1.54) is 16.7 Å². The van der Waals surface area contributed by atoms with Crippen LogP contribution in [0.2, 0.25) is 0 Å². The van der Waals surface area contributed by atoms with Crippen molar-refractivity contribution in [3.63, 3.8) is 0 Å². The van der Waals surface area contributed by atoms with Crippen molar-refractivity contribution in [2.45, 2.75) is 24.8 Å². The zero-order chi connectivity index (χ0) is 14.4. The second-order valence-electron chi connectivity index (χ2n) is 6.07. The minimum absolute atomic E-state index is 0.00573. The van der Waals surface area contributed by atoms with Gasteiger partial charge in [0.25, 0.3) is 0 Å². The smallest absolute Gasteiger partial charge is 0.189 e. The number of fused-ring (bicyclic) bond motifs is 1. The highest BCUT2D eigenvalue weighted by molar-refractivity contribution is 5.81.